The Kier molecular flexibility index (Phi) is 7.51. The summed E-state index contributed by atoms with van der Waals surface area (Å²) in [5, 5.41) is 19.1. The summed E-state index contributed by atoms with van der Waals surface area (Å²) in [5.41, 5.74) is 0.798. The van der Waals surface area contributed by atoms with Gasteiger partial charge in [-0.15, -0.1) is 0 Å². The van der Waals surface area contributed by atoms with E-state index in [0.717, 1.165) is 0 Å². The topological polar surface area (TPSA) is 161 Å². The van der Waals surface area contributed by atoms with Crippen LogP contribution in [0.2, 0.25) is 0 Å². The number of aromatic nitrogens is 3. The number of benzene rings is 2. The number of nitrogens with one attached hydrogen (secondary N) is 2. The molecular formula is C28H30N6O7. The van der Waals surface area contributed by atoms with Crippen molar-refractivity contribution in [3.8, 4) is 23.1 Å². The van der Waals surface area contributed by atoms with Gasteiger partial charge in [-0.25, -0.2) is 19.6 Å². The molecule has 13 heteroatoms. The van der Waals surface area contributed by atoms with Crippen LogP contribution < -0.4 is 24.8 Å². The molecule has 1 unspecified atom stereocenters. The smallest absolute Gasteiger partial charge is 0.407 e. The van der Waals surface area contributed by atoms with Gasteiger partial charge in [-0.1, -0.05) is 32.0 Å². The van der Waals surface area contributed by atoms with Crippen molar-refractivity contribution < 1.29 is 33.4 Å². The summed E-state index contributed by atoms with van der Waals surface area (Å²) in [6.07, 6.45) is 0.674. The Morgan fingerprint density at radius 1 is 1.10 bits per heavy atom. The van der Waals surface area contributed by atoms with Crippen LogP contribution in [0, 0.1) is 0 Å². The molecule has 2 aromatic carbocycles. The van der Waals surface area contributed by atoms with E-state index in [4.69, 9.17) is 18.7 Å². The molecule has 3 heterocycles. The number of urea groups is 1. The summed E-state index contributed by atoms with van der Waals surface area (Å²) < 4.78 is 23.0. The fraction of sp³-hybridized carbons (Fsp3) is 0.321. The minimum atomic E-state index is -0.972. The monoisotopic (exact) mass is 562 g/mol. The van der Waals surface area contributed by atoms with Gasteiger partial charge in [0.15, 0.2) is 17.3 Å². The average molecular weight is 563 g/mol. The number of anilines is 2. The lowest BCUT2D eigenvalue weighted by Gasteiger charge is -2.17. The molecule has 3 N–H and O–H groups in total. The maximum absolute atomic E-state index is 12.5. The van der Waals surface area contributed by atoms with E-state index >= 15 is 0 Å². The molecule has 0 saturated carbocycles. The Morgan fingerprint density at radius 3 is 2.63 bits per heavy atom. The van der Waals surface area contributed by atoms with Crippen molar-refractivity contribution in [1.82, 2.24) is 20.0 Å². The third kappa shape index (κ3) is 6.40. The first kappa shape index (κ1) is 27.5. The molecule has 1 saturated heterocycles. The van der Waals surface area contributed by atoms with E-state index in [0.29, 0.717) is 58.4 Å². The summed E-state index contributed by atoms with van der Waals surface area (Å²) in [5.74, 6) is 2.53. The van der Waals surface area contributed by atoms with E-state index in [1.807, 2.05) is 20.8 Å². The molecule has 2 aromatic heterocycles. The first-order chi connectivity index (χ1) is 19.6. The molecule has 0 spiro atoms. The van der Waals surface area contributed by atoms with Gasteiger partial charge in [-0.05, 0) is 18.2 Å². The second-order valence-electron chi connectivity index (χ2n) is 10.5. The SMILES string of the molecule is COc1cc2c(Oc3cccc(NC(=O)Nc4cc(C(C)(C)C)on4)c3)ncnc2cc1OC1CCN(C(=O)O)C1. The van der Waals surface area contributed by atoms with Gasteiger partial charge in [0, 0.05) is 42.3 Å². The predicted molar refractivity (Wildman–Crippen MR) is 149 cm³/mol. The third-order valence-electron chi connectivity index (χ3n) is 6.39. The van der Waals surface area contributed by atoms with Gasteiger partial charge in [0.05, 0.1) is 24.6 Å². The van der Waals surface area contributed by atoms with E-state index in [1.165, 1.54) is 18.3 Å². The van der Waals surface area contributed by atoms with Crippen molar-refractivity contribution in [2.75, 3.05) is 30.8 Å². The molecule has 0 bridgehead atoms. The summed E-state index contributed by atoms with van der Waals surface area (Å²) in [6, 6.07) is 11.4. The molecule has 1 atom stereocenters. The normalized spacial score (nSPS) is 15.0. The number of amides is 3. The highest BCUT2D eigenvalue weighted by Gasteiger charge is 2.28. The molecule has 1 fully saturated rings. The number of carbonyl (C=O) groups excluding carboxylic acids is 1. The molecule has 0 radical (unpaired) electrons. The number of rotatable bonds is 7. The lowest BCUT2D eigenvalue weighted by atomic mass is 9.93. The van der Waals surface area contributed by atoms with Crippen molar-refractivity contribution in [3.63, 3.8) is 0 Å². The van der Waals surface area contributed by atoms with Crippen LogP contribution in [0.3, 0.4) is 0 Å². The van der Waals surface area contributed by atoms with E-state index in [9.17, 15) is 14.7 Å². The second kappa shape index (κ2) is 11.2. The summed E-state index contributed by atoms with van der Waals surface area (Å²) in [6.45, 7) is 6.63. The van der Waals surface area contributed by atoms with Gasteiger partial charge < -0.3 is 34.1 Å². The Bertz CT molecular complexity index is 1580. The van der Waals surface area contributed by atoms with E-state index in [-0.39, 0.29) is 23.9 Å². The first-order valence-corrected chi connectivity index (χ1v) is 12.9. The Hall–Kier alpha value is -5.07. The van der Waals surface area contributed by atoms with Crippen molar-refractivity contribution in [2.24, 2.45) is 0 Å². The molecular weight excluding hydrogens is 532 g/mol. The van der Waals surface area contributed by atoms with Gasteiger partial charge in [0.1, 0.15) is 23.9 Å². The minimum Gasteiger partial charge on any atom is -0.493 e. The largest absolute Gasteiger partial charge is 0.493 e. The average Bonchev–Trinajstić information content (AvgIpc) is 3.59. The Morgan fingerprint density at radius 2 is 1.93 bits per heavy atom. The molecule has 41 heavy (non-hydrogen) atoms. The van der Waals surface area contributed by atoms with Crippen molar-refractivity contribution in [2.45, 2.75) is 38.7 Å². The number of likely N-dealkylation sites (tertiary alicyclic amines) is 1. The van der Waals surface area contributed by atoms with Crippen LogP contribution in [-0.2, 0) is 5.41 Å². The van der Waals surface area contributed by atoms with Crippen LogP contribution in [0.1, 0.15) is 33.0 Å². The fourth-order valence-corrected chi connectivity index (χ4v) is 4.27. The number of carboxylic acid groups (broad SMARTS) is 1. The maximum Gasteiger partial charge on any atom is 0.407 e. The standard InChI is InChI=1S/C28H30N6O7/c1-28(2,3)23-13-24(33-41-23)32-26(35)31-16-6-5-7-17(10-16)40-25-19-11-21(38-4)22(12-20(19)29-15-30-25)39-18-8-9-34(14-18)27(36)37/h5-7,10-13,15,18H,8-9,14H2,1-4H3,(H,36,37)(H2,31,32,33,35). The van der Waals surface area contributed by atoms with Gasteiger partial charge in [-0.3, -0.25) is 5.32 Å². The van der Waals surface area contributed by atoms with Crippen LogP contribution >= 0.6 is 0 Å². The minimum absolute atomic E-state index is 0.237. The van der Waals surface area contributed by atoms with Gasteiger partial charge in [0.25, 0.3) is 0 Å². The van der Waals surface area contributed by atoms with Gasteiger partial charge >= 0.3 is 12.1 Å². The van der Waals surface area contributed by atoms with Crippen molar-refractivity contribution in [3.05, 3.63) is 54.6 Å². The maximum atomic E-state index is 12.5. The fourth-order valence-electron chi connectivity index (χ4n) is 4.27. The highest BCUT2D eigenvalue weighted by molar-refractivity contribution is 5.99. The van der Waals surface area contributed by atoms with Crippen LogP contribution in [0.15, 0.2) is 53.3 Å². The zero-order valence-electron chi connectivity index (χ0n) is 23.0. The molecule has 1 aliphatic heterocycles. The number of carbonyl (C=O) groups is 2. The zero-order chi connectivity index (χ0) is 29.1. The highest BCUT2D eigenvalue weighted by atomic mass is 16.5. The van der Waals surface area contributed by atoms with E-state index in [2.05, 4.69) is 25.8 Å². The molecule has 4 aromatic rings. The lowest BCUT2D eigenvalue weighted by Crippen LogP contribution is -2.29. The molecule has 5 rings (SSSR count). The molecule has 1 aliphatic rings. The third-order valence-corrected chi connectivity index (χ3v) is 6.39. The Labute approximate surface area is 235 Å². The first-order valence-electron chi connectivity index (χ1n) is 12.9. The van der Waals surface area contributed by atoms with E-state index < -0.39 is 12.1 Å². The highest BCUT2D eigenvalue weighted by Crippen LogP contribution is 2.37. The zero-order valence-corrected chi connectivity index (χ0v) is 23.0. The molecule has 13 nitrogen and oxygen atoms in total. The lowest BCUT2D eigenvalue weighted by molar-refractivity contribution is 0.145. The molecule has 3 amide bonds. The van der Waals surface area contributed by atoms with Gasteiger partial charge in [0.2, 0.25) is 5.88 Å². The van der Waals surface area contributed by atoms with Crippen LogP contribution in [-0.4, -0.2) is 63.6 Å². The quantitative estimate of drug-likeness (QED) is 0.263. The summed E-state index contributed by atoms with van der Waals surface area (Å²) >= 11 is 0. The number of fused-ring (bicyclic) bond motifs is 1. The number of ether oxygens (including phenoxy) is 3. The number of hydrogen-bond acceptors (Lipinski definition) is 9. The van der Waals surface area contributed by atoms with Crippen LogP contribution in [0.25, 0.3) is 10.9 Å². The summed E-state index contributed by atoms with van der Waals surface area (Å²) in [7, 11) is 1.51. The van der Waals surface area contributed by atoms with E-state index in [1.54, 1.807) is 42.5 Å². The second-order valence-corrected chi connectivity index (χ2v) is 10.5. The van der Waals surface area contributed by atoms with Crippen molar-refractivity contribution >= 4 is 34.5 Å². The molecule has 0 aliphatic carbocycles. The number of methoxy groups -OCH3 is 1. The Balaban J connectivity index is 1.30. The predicted octanol–water partition coefficient (Wildman–Crippen LogP) is 5.49. The number of nitrogens with zero attached hydrogens (tertiary/aromatic N) is 4. The molecule has 214 valence electrons. The van der Waals surface area contributed by atoms with Gasteiger partial charge in [-0.2, -0.15) is 0 Å². The van der Waals surface area contributed by atoms with Crippen LogP contribution in [0.4, 0.5) is 21.1 Å². The van der Waals surface area contributed by atoms with Crippen molar-refractivity contribution in [1.29, 1.82) is 0 Å². The van der Waals surface area contributed by atoms with Crippen LogP contribution in [0.5, 0.6) is 23.1 Å². The number of hydrogen-bond donors (Lipinski definition) is 3. The summed E-state index contributed by atoms with van der Waals surface area (Å²) in [4.78, 5) is 33.7.